The standard InChI is InChI=1S/C14H16ClF2NO2/c1-8(19)5-9-3-2-4-18(9)14(20)10-6-13(17)11(15)7-12(10)16/h6-9,19H,2-5H2,1H3/t8-,9-/m1/s1. The van der Waals surface area contributed by atoms with E-state index in [1.54, 1.807) is 6.92 Å². The fraction of sp³-hybridized carbons (Fsp3) is 0.500. The smallest absolute Gasteiger partial charge is 0.257 e. The lowest BCUT2D eigenvalue weighted by Gasteiger charge is -2.26. The van der Waals surface area contributed by atoms with Crippen molar-refractivity contribution in [3.05, 3.63) is 34.4 Å². The summed E-state index contributed by atoms with van der Waals surface area (Å²) in [7, 11) is 0. The second kappa shape index (κ2) is 6.06. The zero-order valence-corrected chi connectivity index (χ0v) is 11.8. The first-order valence-corrected chi connectivity index (χ1v) is 6.91. The molecule has 6 heteroatoms. The lowest BCUT2D eigenvalue weighted by atomic mass is 10.1. The fourth-order valence-electron chi connectivity index (χ4n) is 2.58. The molecule has 1 amide bonds. The van der Waals surface area contributed by atoms with E-state index in [1.807, 2.05) is 0 Å². The van der Waals surface area contributed by atoms with Gasteiger partial charge < -0.3 is 10.0 Å². The number of carbonyl (C=O) groups excluding carboxylic acids is 1. The molecule has 0 aromatic heterocycles. The van der Waals surface area contributed by atoms with Crippen LogP contribution in [0.2, 0.25) is 5.02 Å². The van der Waals surface area contributed by atoms with Crippen LogP contribution in [-0.2, 0) is 0 Å². The van der Waals surface area contributed by atoms with Gasteiger partial charge in [0.15, 0.2) is 0 Å². The molecule has 0 unspecified atom stereocenters. The van der Waals surface area contributed by atoms with E-state index < -0.39 is 23.6 Å². The second-order valence-electron chi connectivity index (χ2n) is 5.13. The highest BCUT2D eigenvalue weighted by molar-refractivity contribution is 6.30. The van der Waals surface area contributed by atoms with Crippen LogP contribution in [0.25, 0.3) is 0 Å². The van der Waals surface area contributed by atoms with Crippen LogP contribution in [-0.4, -0.2) is 34.6 Å². The van der Waals surface area contributed by atoms with E-state index in [2.05, 4.69) is 0 Å². The van der Waals surface area contributed by atoms with Crippen molar-refractivity contribution in [1.29, 1.82) is 0 Å². The summed E-state index contributed by atoms with van der Waals surface area (Å²) < 4.78 is 27.2. The normalized spacial score (nSPS) is 20.2. The van der Waals surface area contributed by atoms with Gasteiger partial charge in [-0.1, -0.05) is 11.6 Å². The van der Waals surface area contributed by atoms with Crippen molar-refractivity contribution in [3.8, 4) is 0 Å². The van der Waals surface area contributed by atoms with Crippen LogP contribution in [0, 0.1) is 11.6 Å². The molecule has 0 bridgehead atoms. The highest BCUT2D eigenvalue weighted by Crippen LogP contribution is 2.26. The van der Waals surface area contributed by atoms with Gasteiger partial charge in [-0.3, -0.25) is 4.79 Å². The largest absolute Gasteiger partial charge is 0.393 e. The van der Waals surface area contributed by atoms with E-state index in [9.17, 15) is 18.7 Å². The van der Waals surface area contributed by atoms with Gasteiger partial charge in [0.2, 0.25) is 0 Å². The Bertz CT molecular complexity index is 522. The van der Waals surface area contributed by atoms with Crippen molar-refractivity contribution in [1.82, 2.24) is 4.90 Å². The van der Waals surface area contributed by atoms with Gasteiger partial charge in [-0.2, -0.15) is 0 Å². The number of halogens is 3. The first-order chi connectivity index (χ1) is 9.40. The topological polar surface area (TPSA) is 40.5 Å². The van der Waals surface area contributed by atoms with Gasteiger partial charge in [-0.15, -0.1) is 0 Å². The van der Waals surface area contributed by atoms with E-state index in [-0.39, 0.29) is 16.6 Å². The summed E-state index contributed by atoms with van der Waals surface area (Å²) in [5, 5.41) is 9.08. The molecular weight excluding hydrogens is 288 g/mol. The minimum Gasteiger partial charge on any atom is -0.393 e. The predicted molar refractivity (Wildman–Crippen MR) is 71.7 cm³/mol. The Balaban J connectivity index is 2.24. The number of hydrogen-bond donors (Lipinski definition) is 1. The van der Waals surface area contributed by atoms with E-state index >= 15 is 0 Å². The minimum atomic E-state index is -0.830. The van der Waals surface area contributed by atoms with Gasteiger partial charge in [-0.05, 0) is 38.3 Å². The van der Waals surface area contributed by atoms with Crippen LogP contribution in [0.15, 0.2) is 12.1 Å². The van der Waals surface area contributed by atoms with Crippen molar-refractivity contribution in [3.63, 3.8) is 0 Å². The number of amides is 1. The molecule has 0 spiro atoms. The van der Waals surface area contributed by atoms with Gasteiger partial charge in [0.25, 0.3) is 5.91 Å². The van der Waals surface area contributed by atoms with E-state index in [0.717, 1.165) is 25.0 Å². The number of likely N-dealkylation sites (tertiary alicyclic amines) is 1. The molecule has 0 aliphatic carbocycles. The third-order valence-electron chi connectivity index (χ3n) is 3.49. The molecule has 1 N–H and O–H groups in total. The third-order valence-corrected chi connectivity index (χ3v) is 3.78. The maximum Gasteiger partial charge on any atom is 0.257 e. The molecule has 3 nitrogen and oxygen atoms in total. The predicted octanol–water partition coefficient (Wildman–Crippen LogP) is 2.99. The number of hydrogen-bond acceptors (Lipinski definition) is 2. The Kier molecular flexibility index (Phi) is 4.60. The summed E-state index contributed by atoms with van der Waals surface area (Å²) in [5.41, 5.74) is -0.315. The summed E-state index contributed by atoms with van der Waals surface area (Å²) in [6.45, 7) is 2.13. The monoisotopic (exact) mass is 303 g/mol. The Morgan fingerprint density at radius 1 is 1.50 bits per heavy atom. The average molecular weight is 304 g/mol. The summed E-state index contributed by atoms with van der Waals surface area (Å²) in [5.74, 6) is -2.20. The van der Waals surface area contributed by atoms with Crippen LogP contribution in [0.4, 0.5) is 8.78 Å². The molecule has 1 fully saturated rings. The number of benzene rings is 1. The number of nitrogens with zero attached hydrogens (tertiary/aromatic N) is 1. The Labute approximate surface area is 121 Å². The second-order valence-corrected chi connectivity index (χ2v) is 5.53. The SMILES string of the molecule is C[C@@H](O)C[C@H]1CCCN1C(=O)c1cc(F)c(Cl)cc1F. The van der Waals surface area contributed by atoms with Crippen LogP contribution in [0.3, 0.4) is 0 Å². The van der Waals surface area contributed by atoms with Crippen molar-refractivity contribution in [2.45, 2.75) is 38.3 Å². The molecule has 1 aromatic rings. The van der Waals surface area contributed by atoms with Gasteiger partial charge in [0, 0.05) is 12.6 Å². The highest BCUT2D eigenvalue weighted by Gasteiger charge is 2.31. The lowest BCUT2D eigenvalue weighted by molar-refractivity contribution is 0.0677. The number of rotatable bonds is 3. The molecule has 1 aromatic carbocycles. The van der Waals surface area contributed by atoms with Crippen LogP contribution < -0.4 is 0 Å². The number of carbonyl (C=O) groups is 1. The molecule has 1 aliphatic heterocycles. The van der Waals surface area contributed by atoms with E-state index in [4.69, 9.17) is 11.6 Å². The molecule has 0 radical (unpaired) electrons. The molecule has 1 aliphatic rings. The van der Waals surface area contributed by atoms with Gasteiger partial charge in [0.05, 0.1) is 16.7 Å². The number of aliphatic hydroxyl groups is 1. The molecular formula is C14H16ClF2NO2. The minimum absolute atomic E-state index is 0.138. The molecule has 0 saturated carbocycles. The highest BCUT2D eigenvalue weighted by atomic mass is 35.5. The van der Waals surface area contributed by atoms with Gasteiger partial charge in [0.1, 0.15) is 11.6 Å². The molecule has 110 valence electrons. The van der Waals surface area contributed by atoms with Crippen molar-refractivity contribution < 1.29 is 18.7 Å². The van der Waals surface area contributed by atoms with Gasteiger partial charge in [-0.25, -0.2) is 8.78 Å². The van der Waals surface area contributed by atoms with Crippen molar-refractivity contribution in [2.75, 3.05) is 6.54 Å². The summed E-state index contributed by atoms with van der Waals surface area (Å²) >= 11 is 5.47. The maximum absolute atomic E-state index is 13.8. The maximum atomic E-state index is 13.8. The summed E-state index contributed by atoms with van der Waals surface area (Å²) in [6.07, 6.45) is 1.44. The Morgan fingerprint density at radius 3 is 2.85 bits per heavy atom. The first kappa shape index (κ1) is 15.2. The van der Waals surface area contributed by atoms with Crippen molar-refractivity contribution >= 4 is 17.5 Å². The van der Waals surface area contributed by atoms with E-state index in [0.29, 0.717) is 13.0 Å². The van der Waals surface area contributed by atoms with Crippen molar-refractivity contribution in [2.24, 2.45) is 0 Å². The lowest BCUT2D eigenvalue weighted by Crippen LogP contribution is -2.37. The molecule has 1 saturated heterocycles. The van der Waals surface area contributed by atoms with Crippen LogP contribution >= 0.6 is 11.6 Å². The molecule has 2 rings (SSSR count). The zero-order valence-electron chi connectivity index (χ0n) is 11.1. The first-order valence-electron chi connectivity index (χ1n) is 6.53. The Morgan fingerprint density at radius 2 is 2.20 bits per heavy atom. The molecule has 2 atom stereocenters. The molecule has 20 heavy (non-hydrogen) atoms. The summed E-state index contributed by atoms with van der Waals surface area (Å²) in [4.78, 5) is 13.8. The number of aliphatic hydroxyl groups excluding tert-OH is 1. The quantitative estimate of drug-likeness (QED) is 0.872. The Hall–Kier alpha value is -1.20. The third kappa shape index (κ3) is 3.10. The molecule has 1 heterocycles. The zero-order chi connectivity index (χ0) is 14.9. The van der Waals surface area contributed by atoms with Crippen LogP contribution in [0.5, 0.6) is 0 Å². The average Bonchev–Trinajstić information content (AvgIpc) is 2.80. The summed E-state index contributed by atoms with van der Waals surface area (Å²) in [6, 6.07) is 1.50. The fourth-order valence-corrected chi connectivity index (χ4v) is 2.73. The van der Waals surface area contributed by atoms with E-state index in [1.165, 1.54) is 4.90 Å². The van der Waals surface area contributed by atoms with Crippen LogP contribution in [0.1, 0.15) is 36.5 Å². The van der Waals surface area contributed by atoms with Gasteiger partial charge >= 0.3 is 0 Å².